The first-order valence-corrected chi connectivity index (χ1v) is 6.80. The molecule has 0 aromatic heterocycles. The van der Waals surface area contributed by atoms with E-state index >= 15 is 0 Å². The van der Waals surface area contributed by atoms with E-state index in [0.29, 0.717) is 10.6 Å². The Morgan fingerprint density at radius 2 is 2.21 bits per heavy atom. The SMILES string of the molecule is CCCNC/C(=C/c1cc(Cl)ccc1[N+](=O)[O-])CC. The van der Waals surface area contributed by atoms with Crippen LogP contribution < -0.4 is 5.32 Å². The maximum Gasteiger partial charge on any atom is 0.276 e. The number of hydrogen-bond acceptors (Lipinski definition) is 3. The van der Waals surface area contributed by atoms with E-state index in [-0.39, 0.29) is 10.6 Å². The molecule has 1 rings (SSSR count). The summed E-state index contributed by atoms with van der Waals surface area (Å²) in [6, 6.07) is 4.62. The monoisotopic (exact) mass is 282 g/mol. The highest BCUT2D eigenvalue weighted by atomic mass is 35.5. The number of hydrogen-bond donors (Lipinski definition) is 1. The largest absolute Gasteiger partial charge is 0.313 e. The predicted octanol–water partition coefficient (Wildman–Crippen LogP) is 4.04. The molecule has 0 aliphatic heterocycles. The van der Waals surface area contributed by atoms with Crippen LogP contribution in [0.4, 0.5) is 5.69 Å². The molecule has 0 saturated heterocycles. The fourth-order valence-electron chi connectivity index (χ4n) is 1.73. The van der Waals surface area contributed by atoms with Crippen molar-refractivity contribution in [2.75, 3.05) is 13.1 Å². The fourth-order valence-corrected chi connectivity index (χ4v) is 1.91. The van der Waals surface area contributed by atoms with Gasteiger partial charge in [-0.15, -0.1) is 0 Å². The summed E-state index contributed by atoms with van der Waals surface area (Å²) in [7, 11) is 0. The standard InChI is InChI=1S/C14H19ClN2O2/c1-3-7-16-10-11(4-2)8-12-9-13(15)5-6-14(12)17(18)19/h5-6,8-9,16H,3-4,7,10H2,1-2H3/b11-8+. The second-order valence-electron chi connectivity index (χ2n) is 4.29. The minimum Gasteiger partial charge on any atom is -0.313 e. The van der Waals surface area contributed by atoms with E-state index in [4.69, 9.17) is 11.6 Å². The predicted molar refractivity (Wildman–Crippen MR) is 79.5 cm³/mol. The first-order chi connectivity index (χ1) is 9.08. The second kappa shape index (κ2) is 7.92. The first-order valence-electron chi connectivity index (χ1n) is 6.42. The molecule has 0 radical (unpaired) electrons. The zero-order valence-corrected chi connectivity index (χ0v) is 12.0. The summed E-state index contributed by atoms with van der Waals surface area (Å²) in [5, 5.41) is 14.8. The van der Waals surface area contributed by atoms with Gasteiger partial charge in [0.2, 0.25) is 0 Å². The molecule has 0 amide bonds. The average Bonchev–Trinajstić information content (AvgIpc) is 2.37. The van der Waals surface area contributed by atoms with Gasteiger partial charge in [0.1, 0.15) is 0 Å². The highest BCUT2D eigenvalue weighted by Gasteiger charge is 2.12. The molecule has 1 aromatic rings. The number of nitrogens with one attached hydrogen (secondary N) is 1. The Hall–Kier alpha value is -1.39. The van der Waals surface area contributed by atoms with E-state index in [0.717, 1.165) is 31.5 Å². The Labute approximate surface area is 118 Å². The molecule has 19 heavy (non-hydrogen) atoms. The highest BCUT2D eigenvalue weighted by molar-refractivity contribution is 6.30. The van der Waals surface area contributed by atoms with Crippen molar-refractivity contribution in [1.82, 2.24) is 5.32 Å². The van der Waals surface area contributed by atoms with Gasteiger partial charge in [0.15, 0.2) is 0 Å². The van der Waals surface area contributed by atoms with Crippen molar-refractivity contribution in [3.05, 3.63) is 44.5 Å². The Morgan fingerprint density at radius 3 is 2.79 bits per heavy atom. The average molecular weight is 283 g/mol. The lowest BCUT2D eigenvalue weighted by Gasteiger charge is -2.07. The molecule has 0 bridgehead atoms. The van der Waals surface area contributed by atoms with Crippen LogP contribution >= 0.6 is 11.6 Å². The number of rotatable bonds is 7. The minimum atomic E-state index is -0.380. The van der Waals surface area contributed by atoms with Crippen LogP contribution in [-0.4, -0.2) is 18.0 Å². The minimum absolute atomic E-state index is 0.0887. The normalized spacial score (nSPS) is 11.6. The van der Waals surface area contributed by atoms with Crippen LogP contribution in [0.1, 0.15) is 32.3 Å². The zero-order chi connectivity index (χ0) is 14.3. The van der Waals surface area contributed by atoms with Gasteiger partial charge in [-0.2, -0.15) is 0 Å². The van der Waals surface area contributed by atoms with E-state index in [2.05, 4.69) is 12.2 Å². The van der Waals surface area contributed by atoms with E-state index in [1.807, 2.05) is 13.0 Å². The lowest BCUT2D eigenvalue weighted by atomic mass is 10.1. The third-order valence-electron chi connectivity index (χ3n) is 2.78. The third-order valence-corrected chi connectivity index (χ3v) is 3.01. The maximum atomic E-state index is 11.0. The molecule has 0 saturated carbocycles. The lowest BCUT2D eigenvalue weighted by molar-refractivity contribution is -0.385. The quantitative estimate of drug-likeness (QED) is 0.466. The number of benzene rings is 1. The van der Waals surface area contributed by atoms with Crippen LogP contribution in [-0.2, 0) is 0 Å². The Bertz CT molecular complexity index is 473. The second-order valence-corrected chi connectivity index (χ2v) is 4.73. The third kappa shape index (κ3) is 5.01. The lowest BCUT2D eigenvalue weighted by Crippen LogP contribution is -2.17. The molecule has 0 fully saturated rings. The first kappa shape index (κ1) is 15.7. The molecule has 0 spiro atoms. The molecule has 1 aromatic carbocycles. The molecule has 4 nitrogen and oxygen atoms in total. The number of halogens is 1. The van der Waals surface area contributed by atoms with Crippen molar-refractivity contribution in [3.63, 3.8) is 0 Å². The molecule has 0 atom stereocenters. The molecule has 1 N–H and O–H groups in total. The Balaban J connectivity index is 2.99. The van der Waals surface area contributed by atoms with Gasteiger partial charge in [0, 0.05) is 17.6 Å². The molecule has 0 aliphatic carbocycles. The summed E-state index contributed by atoms with van der Waals surface area (Å²) in [5.41, 5.74) is 1.78. The van der Waals surface area contributed by atoms with Crippen molar-refractivity contribution in [1.29, 1.82) is 0 Å². The van der Waals surface area contributed by atoms with Gasteiger partial charge in [-0.3, -0.25) is 10.1 Å². The van der Waals surface area contributed by atoms with Gasteiger partial charge < -0.3 is 5.32 Å². The summed E-state index contributed by atoms with van der Waals surface area (Å²) in [6.45, 7) is 5.82. The smallest absolute Gasteiger partial charge is 0.276 e. The van der Waals surface area contributed by atoms with Gasteiger partial charge in [-0.25, -0.2) is 0 Å². The van der Waals surface area contributed by atoms with E-state index in [1.54, 1.807) is 6.07 Å². The summed E-state index contributed by atoms with van der Waals surface area (Å²) in [5.74, 6) is 0. The number of nitrogens with zero attached hydrogens (tertiary/aromatic N) is 1. The Kier molecular flexibility index (Phi) is 6.53. The highest BCUT2D eigenvalue weighted by Crippen LogP contribution is 2.25. The van der Waals surface area contributed by atoms with E-state index < -0.39 is 0 Å². The number of nitro groups is 1. The fraction of sp³-hybridized carbons (Fsp3) is 0.429. The van der Waals surface area contributed by atoms with Gasteiger partial charge in [0.25, 0.3) is 5.69 Å². The van der Waals surface area contributed by atoms with Gasteiger partial charge in [-0.1, -0.05) is 31.0 Å². The van der Waals surface area contributed by atoms with Gasteiger partial charge >= 0.3 is 0 Å². The number of nitro benzene ring substituents is 1. The van der Waals surface area contributed by atoms with Gasteiger partial charge in [0.05, 0.1) is 10.5 Å². The van der Waals surface area contributed by atoms with E-state index in [9.17, 15) is 10.1 Å². The van der Waals surface area contributed by atoms with Crippen molar-refractivity contribution in [2.45, 2.75) is 26.7 Å². The Morgan fingerprint density at radius 1 is 1.47 bits per heavy atom. The topological polar surface area (TPSA) is 55.2 Å². The van der Waals surface area contributed by atoms with Crippen molar-refractivity contribution in [2.24, 2.45) is 0 Å². The van der Waals surface area contributed by atoms with Crippen LogP contribution in [0.3, 0.4) is 0 Å². The zero-order valence-electron chi connectivity index (χ0n) is 11.3. The van der Waals surface area contributed by atoms with Crippen LogP contribution in [0, 0.1) is 10.1 Å². The summed E-state index contributed by atoms with van der Waals surface area (Å²) >= 11 is 5.91. The van der Waals surface area contributed by atoms with Crippen molar-refractivity contribution < 1.29 is 4.92 Å². The van der Waals surface area contributed by atoms with Crippen LogP contribution in [0.25, 0.3) is 6.08 Å². The van der Waals surface area contributed by atoms with E-state index in [1.165, 1.54) is 12.1 Å². The molecule has 5 heteroatoms. The molecule has 0 aliphatic rings. The summed E-state index contributed by atoms with van der Waals surface area (Å²) < 4.78 is 0. The molecule has 104 valence electrons. The van der Waals surface area contributed by atoms with Crippen molar-refractivity contribution in [3.8, 4) is 0 Å². The molecule has 0 unspecified atom stereocenters. The van der Waals surface area contributed by atoms with Gasteiger partial charge in [-0.05, 0) is 37.6 Å². The summed E-state index contributed by atoms with van der Waals surface area (Å²) in [4.78, 5) is 10.6. The van der Waals surface area contributed by atoms with Crippen LogP contribution in [0.15, 0.2) is 23.8 Å². The van der Waals surface area contributed by atoms with Crippen LogP contribution in [0.5, 0.6) is 0 Å². The molecular formula is C14H19ClN2O2. The molecule has 0 heterocycles. The maximum absolute atomic E-state index is 11.0. The summed E-state index contributed by atoms with van der Waals surface area (Å²) in [6.07, 6.45) is 3.77. The van der Waals surface area contributed by atoms with Crippen LogP contribution in [0.2, 0.25) is 5.02 Å². The molecular weight excluding hydrogens is 264 g/mol. The van der Waals surface area contributed by atoms with Crippen molar-refractivity contribution >= 4 is 23.4 Å².